The van der Waals surface area contributed by atoms with Gasteiger partial charge in [-0.15, -0.1) is 3.89 Å². The van der Waals surface area contributed by atoms with Crippen LogP contribution in [0.15, 0.2) is 0 Å². The molecule has 0 amide bonds. The van der Waals surface area contributed by atoms with E-state index in [2.05, 4.69) is 0 Å². The van der Waals surface area contributed by atoms with Crippen LogP contribution in [0.1, 0.15) is 12.8 Å². The summed E-state index contributed by atoms with van der Waals surface area (Å²) in [7, 11) is -4.47. The summed E-state index contributed by atoms with van der Waals surface area (Å²) in [6.45, 7) is -0.443. The van der Waals surface area contributed by atoms with Gasteiger partial charge in [-0.05, 0) is 12.8 Å². The van der Waals surface area contributed by atoms with Crippen molar-refractivity contribution in [1.82, 2.24) is 0 Å². The van der Waals surface area contributed by atoms with Gasteiger partial charge in [0.2, 0.25) is 0 Å². The van der Waals surface area contributed by atoms with Crippen LogP contribution >= 0.6 is 0 Å². The third kappa shape index (κ3) is 1.46. The highest BCUT2D eigenvalue weighted by Gasteiger charge is 2.63. The van der Waals surface area contributed by atoms with Crippen LogP contribution in [0, 0.1) is 5.41 Å². The lowest BCUT2D eigenvalue weighted by Crippen LogP contribution is -2.48. The molecule has 2 bridgehead atoms. The molecule has 0 radical (unpaired) electrons. The molecule has 3 nitrogen and oxygen atoms in total. The molecule has 3 aliphatic rings. The number of hydrogen-bond acceptors (Lipinski definition) is 3. The van der Waals surface area contributed by atoms with E-state index >= 15 is 0 Å². The van der Waals surface area contributed by atoms with Gasteiger partial charge in [-0.1, -0.05) is 0 Å². The molecule has 2 aliphatic heterocycles. The van der Waals surface area contributed by atoms with E-state index in [0.29, 0.717) is 12.8 Å². The van der Waals surface area contributed by atoms with Crippen molar-refractivity contribution in [2.24, 2.45) is 5.41 Å². The standard InChI is InChI=1S/C7H10F2O3S/c8-3-7-1-6(2-7,4-12-7)5-13(9,10)11/h1-5H2. The Bertz CT molecular complexity index is 319. The first-order valence-electron chi connectivity index (χ1n) is 4.01. The first-order chi connectivity index (χ1) is 5.89. The quantitative estimate of drug-likeness (QED) is 0.650. The summed E-state index contributed by atoms with van der Waals surface area (Å²) in [5.74, 6) is -0.526. The topological polar surface area (TPSA) is 43.4 Å². The zero-order valence-corrected chi connectivity index (χ0v) is 7.74. The fraction of sp³-hybridized carbons (Fsp3) is 1.00. The molecule has 0 aromatic rings. The molecule has 2 heterocycles. The van der Waals surface area contributed by atoms with Gasteiger partial charge in [0, 0.05) is 5.41 Å². The Hall–Kier alpha value is -0.230. The summed E-state index contributed by atoms with van der Waals surface area (Å²) >= 11 is 0. The molecule has 1 aliphatic carbocycles. The first-order valence-corrected chi connectivity index (χ1v) is 5.56. The van der Waals surface area contributed by atoms with Crippen LogP contribution in [0.3, 0.4) is 0 Å². The average molecular weight is 212 g/mol. The molecule has 6 heteroatoms. The highest BCUT2D eigenvalue weighted by molar-refractivity contribution is 7.86. The summed E-state index contributed by atoms with van der Waals surface area (Å²) in [5, 5.41) is 0. The minimum absolute atomic E-state index is 0.167. The second kappa shape index (κ2) is 2.42. The molecule has 76 valence electrons. The van der Waals surface area contributed by atoms with E-state index in [1.807, 2.05) is 0 Å². The van der Waals surface area contributed by atoms with Crippen molar-refractivity contribution in [3.63, 3.8) is 0 Å². The Morgan fingerprint density at radius 3 is 2.38 bits per heavy atom. The lowest BCUT2D eigenvalue weighted by atomic mass is 9.64. The normalized spacial score (nSPS) is 43.2. The molecular formula is C7H10F2O3S. The third-order valence-electron chi connectivity index (χ3n) is 2.80. The Morgan fingerprint density at radius 1 is 1.38 bits per heavy atom. The van der Waals surface area contributed by atoms with Crippen molar-refractivity contribution in [1.29, 1.82) is 0 Å². The monoisotopic (exact) mass is 212 g/mol. The third-order valence-corrected chi connectivity index (χ3v) is 3.76. The molecule has 13 heavy (non-hydrogen) atoms. The zero-order chi connectivity index (χ0) is 9.74. The molecule has 0 unspecified atom stereocenters. The maximum atomic E-state index is 12.4. The van der Waals surface area contributed by atoms with E-state index in [1.54, 1.807) is 0 Å². The van der Waals surface area contributed by atoms with E-state index in [4.69, 9.17) is 4.74 Å². The molecule has 0 aromatic heterocycles. The zero-order valence-electron chi connectivity index (χ0n) is 6.92. The molecule has 2 saturated heterocycles. The summed E-state index contributed by atoms with van der Waals surface area (Å²) in [5.41, 5.74) is -1.43. The summed E-state index contributed by atoms with van der Waals surface area (Å²) in [4.78, 5) is 0. The molecule has 0 aromatic carbocycles. The summed E-state index contributed by atoms with van der Waals surface area (Å²) in [6.07, 6.45) is 0.666. The minimum atomic E-state index is -4.47. The van der Waals surface area contributed by atoms with Crippen molar-refractivity contribution in [2.75, 3.05) is 19.0 Å². The van der Waals surface area contributed by atoms with Crippen molar-refractivity contribution in [2.45, 2.75) is 18.4 Å². The maximum Gasteiger partial charge on any atom is 0.303 e. The van der Waals surface area contributed by atoms with E-state index in [1.165, 1.54) is 0 Å². The molecular weight excluding hydrogens is 202 g/mol. The molecule has 3 fully saturated rings. The van der Waals surface area contributed by atoms with Crippen LogP contribution in [0.25, 0.3) is 0 Å². The number of halogens is 2. The van der Waals surface area contributed by atoms with Crippen LogP contribution in [-0.4, -0.2) is 33.1 Å². The smallest absolute Gasteiger partial charge is 0.303 e. The highest BCUT2D eigenvalue weighted by Crippen LogP contribution is 2.58. The van der Waals surface area contributed by atoms with Gasteiger partial charge in [-0.2, -0.15) is 8.42 Å². The van der Waals surface area contributed by atoms with Crippen LogP contribution in [0.5, 0.6) is 0 Å². The predicted molar refractivity (Wildman–Crippen MR) is 41.2 cm³/mol. The van der Waals surface area contributed by atoms with Crippen molar-refractivity contribution >= 4 is 10.2 Å². The first kappa shape index (κ1) is 9.33. The lowest BCUT2D eigenvalue weighted by molar-refractivity contribution is -0.0307. The van der Waals surface area contributed by atoms with Crippen molar-refractivity contribution in [3.8, 4) is 0 Å². The van der Waals surface area contributed by atoms with Gasteiger partial charge in [-0.3, -0.25) is 0 Å². The Labute approximate surface area is 75.3 Å². The van der Waals surface area contributed by atoms with Crippen LogP contribution in [-0.2, 0) is 15.0 Å². The van der Waals surface area contributed by atoms with Gasteiger partial charge in [0.15, 0.2) is 0 Å². The Balaban J connectivity index is 2.06. The van der Waals surface area contributed by atoms with Crippen molar-refractivity contribution < 1.29 is 21.4 Å². The SMILES string of the molecule is O=S(=O)(F)CC12COC(CF)(C1)C2. The molecule has 1 saturated carbocycles. The minimum Gasteiger partial charge on any atom is -0.372 e. The Kier molecular flexibility index (Phi) is 1.73. The summed E-state index contributed by atoms with van der Waals surface area (Å²) < 4.78 is 50.6. The van der Waals surface area contributed by atoms with Gasteiger partial charge >= 0.3 is 10.2 Å². The van der Waals surface area contributed by atoms with E-state index in [-0.39, 0.29) is 6.61 Å². The second-order valence-electron chi connectivity index (χ2n) is 4.14. The van der Waals surface area contributed by atoms with Crippen molar-refractivity contribution in [3.05, 3.63) is 0 Å². The number of ether oxygens (including phenoxy) is 1. The van der Waals surface area contributed by atoms with Gasteiger partial charge in [0.25, 0.3) is 0 Å². The molecule has 0 spiro atoms. The predicted octanol–water partition coefficient (Wildman–Crippen LogP) is 0.804. The molecule has 0 atom stereocenters. The second-order valence-corrected chi connectivity index (χ2v) is 5.51. The van der Waals surface area contributed by atoms with Crippen LogP contribution < -0.4 is 0 Å². The maximum absolute atomic E-state index is 12.4. The number of hydrogen-bond donors (Lipinski definition) is 0. The van der Waals surface area contributed by atoms with Crippen LogP contribution in [0.2, 0.25) is 0 Å². The van der Waals surface area contributed by atoms with E-state index < -0.39 is 33.7 Å². The average Bonchev–Trinajstić information content (AvgIpc) is 2.38. The largest absolute Gasteiger partial charge is 0.372 e. The van der Waals surface area contributed by atoms with Gasteiger partial charge in [0.05, 0.1) is 18.0 Å². The Morgan fingerprint density at radius 2 is 2.00 bits per heavy atom. The van der Waals surface area contributed by atoms with E-state index in [9.17, 15) is 16.7 Å². The number of alkyl halides is 1. The van der Waals surface area contributed by atoms with Gasteiger partial charge in [-0.25, -0.2) is 4.39 Å². The van der Waals surface area contributed by atoms with Gasteiger partial charge in [0.1, 0.15) is 6.67 Å². The number of rotatable bonds is 3. The highest BCUT2D eigenvalue weighted by atomic mass is 32.3. The summed E-state index contributed by atoms with van der Waals surface area (Å²) in [6, 6.07) is 0. The lowest BCUT2D eigenvalue weighted by Gasteiger charge is -2.41. The molecule has 0 N–H and O–H groups in total. The van der Waals surface area contributed by atoms with Gasteiger partial charge < -0.3 is 4.74 Å². The number of fused-ring (bicyclic) bond motifs is 1. The van der Waals surface area contributed by atoms with Crippen LogP contribution in [0.4, 0.5) is 8.28 Å². The fourth-order valence-electron chi connectivity index (χ4n) is 2.47. The van der Waals surface area contributed by atoms with E-state index in [0.717, 1.165) is 0 Å². The molecule has 3 rings (SSSR count). The fourth-order valence-corrected chi connectivity index (χ4v) is 3.49.